The van der Waals surface area contributed by atoms with Gasteiger partial charge in [0, 0.05) is 13.0 Å². The van der Waals surface area contributed by atoms with Gasteiger partial charge in [-0.25, -0.2) is 0 Å². The molecule has 1 aromatic carbocycles. The molecule has 21 heavy (non-hydrogen) atoms. The van der Waals surface area contributed by atoms with Gasteiger partial charge in [0.05, 0.1) is 13.2 Å². The highest BCUT2D eigenvalue weighted by molar-refractivity contribution is 6.53. The van der Waals surface area contributed by atoms with Crippen molar-refractivity contribution >= 4 is 12.7 Å². The molecular formula is C17H27BO3. The maximum absolute atomic E-state index is 5.84. The maximum Gasteiger partial charge on any atom is 0.157 e. The van der Waals surface area contributed by atoms with Crippen LogP contribution in [0, 0.1) is 13.8 Å². The van der Waals surface area contributed by atoms with Crippen molar-refractivity contribution < 1.29 is 14.2 Å². The lowest BCUT2D eigenvalue weighted by molar-refractivity contribution is -0.163. The second-order valence-corrected chi connectivity index (χ2v) is 5.76. The Bertz CT molecular complexity index is 419. The van der Waals surface area contributed by atoms with E-state index in [-0.39, 0.29) is 6.29 Å². The summed E-state index contributed by atoms with van der Waals surface area (Å²) in [6, 6.07) is 4.27. The van der Waals surface area contributed by atoms with E-state index in [9.17, 15) is 0 Å². The number of benzene rings is 1. The van der Waals surface area contributed by atoms with Crippen LogP contribution in [0.3, 0.4) is 0 Å². The zero-order chi connectivity index (χ0) is 15.1. The highest BCUT2D eigenvalue weighted by Crippen LogP contribution is 2.16. The van der Waals surface area contributed by atoms with E-state index in [0.29, 0.717) is 13.2 Å². The number of ether oxygens (including phenoxy) is 3. The normalized spacial score (nSPS) is 18.5. The van der Waals surface area contributed by atoms with Gasteiger partial charge in [-0.3, -0.25) is 0 Å². The van der Waals surface area contributed by atoms with Crippen LogP contribution in [0.2, 0.25) is 6.82 Å². The molecule has 0 spiro atoms. The first-order valence-corrected chi connectivity index (χ1v) is 8.17. The molecule has 0 radical (unpaired) electrons. The van der Waals surface area contributed by atoms with Gasteiger partial charge in [-0.1, -0.05) is 23.4 Å². The Morgan fingerprint density at radius 3 is 2.57 bits per heavy atom. The molecule has 1 unspecified atom stereocenters. The molecule has 1 atom stereocenters. The van der Waals surface area contributed by atoms with E-state index in [4.69, 9.17) is 14.2 Å². The Balaban J connectivity index is 1.68. The van der Waals surface area contributed by atoms with Crippen LogP contribution in [-0.4, -0.2) is 33.4 Å². The minimum Gasteiger partial charge on any atom is -0.493 e. The lowest BCUT2D eigenvalue weighted by atomic mass is 9.69. The van der Waals surface area contributed by atoms with E-state index < -0.39 is 0 Å². The lowest BCUT2D eigenvalue weighted by Crippen LogP contribution is -2.23. The fourth-order valence-corrected chi connectivity index (χ4v) is 2.90. The zero-order valence-electron chi connectivity index (χ0n) is 13.6. The minimum atomic E-state index is 0.00655. The van der Waals surface area contributed by atoms with Crippen LogP contribution >= 0.6 is 0 Å². The first-order valence-electron chi connectivity index (χ1n) is 8.17. The summed E-state index contributed by atoms with van der Waals surface area (Å²) in [7, 11) is 1.08. The van der Waals surface area contributed by atoms with Crippen LogP contribution in [0.1, 0.15) is 36.8 Å². The van der Waals surface area contributed by atoms with Crippen molar-refractivity contribution in [1.29, 1.82) is 0 Å². The molecule has 0 aromatic heterocycles. The lowest BCUT2D eigenvalue weighted by Gasteiger charge is -2.22. The summed E-state index contributed by atoms with van der Waals surface area (Å²) in [6.07, 6.45) is 4.30. The van der Waals surface area contributed by atoms with Gasteiger partial charge in [0.25, 0.3) is 0 Å². The fraction of sp³-hybridized carbons (Fsp3) is 0.647. The summed E-state index contributed by atoms with van der Waals surface area (Å²) in [6.45, 7) is 8.74. The van der Waals surface area contributed by atoms with Gasteiger partial charge in [-0.2, -0.15) is 0 Å². The predicted octanol–water partition coefficient (Wildman–Crippen LogP) is 2.73. The van der Waals surface area contributed by atoms with Gasteiger partial charge in [0.2, 0.25) is 0 Å². The van der Waals surface area contributed by atoms with E-state index in [1.807, 2.05) is 0 Å². The second-order valence-electron chi connectivity index (χ2n) is 5.76. The van der Waals surface area contributed by atoms with Gasteiger partial charge < -0.3 is 14.2 Å². The van der Waals surface area contributed by atoms with Crippen molar-refractivity contribution in [3.63, 3.8) is 0 Å². The van der Waals surface area contributed by atoms with Crippen molar-refractivity contribution in [1.82, 2.24) is 0 Å². The number of hydrogen-bond acceptors (Lipinski definition) is 3. The molecule has 1 saturated heterocycles. The number of rotatable bonds is 7. The number of hydrogen-bond donors (Lipinski definition) is 0. The second kappa shape index (κ2) is 8.45. The molecule has 0 bridgehead atoms. The van der Waals surface area contributed by atoms with Gasteiger partial charge in [0.15, 0.2) is 13.6 Å². The monoisotopic (exact) mass is 290 g/mol. The summed E-state index contributed by atoms with van der Waals surface area (Å²) >= 11 is 0. The predicted molar refractivity (Wildman–Crippen MR) is 88.2 cm³/mol. The van der Waals surface area contributed by atoms with Gasteiger partial charge in [0.1, 0.15) is 5.75 Å². The molecule has 0 saturated carbocycles. The van der Waals surface area contributed by atoms with Crippen molar-refractivity contribution in [2.24, 2.45) is 0 Å². The van der Waals surface area contributed by atoms with Crippen molar-refractivity contribution in [3.8, 4) is 5.75 Å². The molecule has 0 aliphatic carbocycles. The highest BCUT2D eigenvalue weighted by Gasteiger charge is 2.13. The largest absolute Gasteiger partial charge is 0.493 e. The van der Waals surface area contributed by atoms with E-state index in [0.717, 1.165) is 38.9 Å². The quantitative estimate of drug-likeness (QED) is 0.571. The standard InChI is InChI=1S/C17H27BO3/c1-13-11-15(12-14(2)17(13)18-3)19-9-6-10-21-16-7-4-5-8-20-16/h11-12,16,18H,4-10H2,1-3H3. The van der Waals surface area contributed by atoms with Crippen LogP contribution < -0.4 is 10.2 Å². The van der Waals surface area contributed by atoms with E-state index in [1.165, 1.54) is 23.0 Å². The van der Waals surface area contributed by atoms with E-state index in [1.54, 1.807) is 0 Å². The van der Waals surface area contributed by atoms with Crippen molar-refractivity contribution in [2.45, 2.75) is 52.6 Å². The summed E-state index contributed by atoms with van der Waals surface area (Å²) < 4.78 is 17.1. The van der Waals surface area contributed by atoms with Crippen LogP contribution in [0.15, 0.2) is 12.1 Å². The number of aryl methyl sites for hydroxylation is 2. The summed E-state index contributed by atoms with van der Waals surface area (Å²) in [5.41, 5.74) is 4.07. The summed E-state index contributed by atoms with van der Waals surface area (Å²) in [5, 5.41) is 0. The Hall–Kier alpha value is -0.995. The third-order valence-corrected chi connectivity index (χ3v) is 4.02. The molecule has 1 aliphatic heterocycles. The van der Waals surface area contributed by atoms with Crippen LogP contribution in [-0.2, 0) is 9.47 Å². The first-order chi connectivity index (χ1) is 10.2. The first kappa shape index (κ1) is 16.4. The Kier molecular flexibility index (Phi) is 6.59. The molecular weight excluding hydrogens is 263 g/mol. The molecule has 116 valence electrons. The van der Waals surface area contributed by atoms with Gasteiger partial charge in [-0.15, -0.1) is 0 Å². The fourth-order valence-electron chi connectivity index (χ4n) is 2.90. The van der Waals surface area contributed by atoms with Gasteiger partial charge >= 0.3 is 0 Å². The van der Waals surface area contributed by atoms with Crippen LogP contribution in [0.5, 0.6) is 5.75 Å². The van der Waals surface area contributed by atoms with Crippen LogP contribution in [0.25, 0.3) is 0 Å². The molecule has 2 rings (SSSR count). The Morgan fingerprint density at radius 1 is 1.19 bits per heavy atom. The Labute approximate surface area is 129 Å². The molecule has 1 heterocycles. The average molecular weight is 290 g/mol. The summed E-state index contributed by atoms with van der Waals surface area (Å²) in [4.78, 5) is 0. The molecule has 1 fully saturated rings. The molecule has 1 aromatic rings. The summed E-state index contributed by atoms with van der Waals surface area (Å²) in [5.74, 6) is 0.969. The zero-order valence-corrected chi connectivity index (χ0v) is 13.6. The highest BCUT2D eigenvalue weighted by atomic mass is 16.7. The minimum absolute atomic E-state index is 0.00655. The van der Waals surface area contributed by atoms with Crippen LogP contribution in [0.4, 0.5) is 0 Å². The van der Waals surface area contributed by atoms with Crippen molar-refractivity contribution in [3.05, 3.63) is 23.3 Å². The molecule has 1 aliphatic rings. The molecule has 3 nitrogen and oxygen atoms in total. The third-order valence-electron chi connectivity index (χ3n) is 4.02. The molecule has 4 heteroatoms. The van der Waals surface area contributed by atoms with E-state index in [2.05, 4.69) is 32.8 Å². The van der Waals surface area contributed by atoms with Gasteiger partial charge in [-0.05, 0) is 45.2 Å². The van der Waals surface area contributed by atoms with Crippen molar-refractivity contribution in [2.75, 3.05) is 19.8 Å². The Morgan fingerprint density at radius 2 is 1.95 bits per heavy atom. The van der Waals surface area contributed by atoms with E-state index >= 15 is 0 Å². The maximum atomic E-state index is 5.84. The third kappa shape index (κ3) is 5.04. The topological polar surface area (TPSA) is 27.7 Å². The smallest absolute Gasteiger partial charge is 0.157 e. The average Bonchev–Trinajstić information content (AvgIpc) is 2.48. The SMILES string of the molecule is CBc1c(C)cc(OCCCOC2CCCCO2)cc1C. The molecule has 0 N–H and O–H groups in total. The molecule has 0 amide bonds.